The Kier molecular flexibility index (Phi) is 4.21. The Morgan fingerprint density at radius 3 is 2.55 bits per heavy atom. The maximum absolute atomic E-state index is 4.89. The van der Waals surface area contributed by atoms with Crippen molar-refractivity contribution in [3.8, 4) is 0 Å². The minimum absolute atomic E-state index is 0.0397. The van der Waals surface area contributed by atoms with Gasteiger partial charge in [-0.3, -0.25) is 4.90 Å². The average Bonchev–Trinajstić information content (AvgIpc) is 3.34. The normalized spacial score (nSPS) is 22.8. The van der Waals surface area contributed by atoms with Crippen molar-refractivity contribution in [3.63, 3.8) is 0 Å². The van der Waals surface area contributed by atoms with Crippen LogP contribution in [0.5, 0.6) is 0 Å². The van der Waals surface area contributed by atoms with Crippen molar-refractivity contribution in [1.29, 1.82) is 0 Å². The Labute approximate surface area is 176 Å². The molecule has 2 heterocycles. The SMILES string of the molecule is c1ccc2c(c1)ccc1c3c(ccc12)C(c1nccs1)(N1CCCCC1)CCC3. The van der Waals surface area contributed by atoms with Crippen molar-refractivity contribution >= 4 is 32.9 Å². The molecule has 0 saturated carbocycles. The molecule has 1 aromatic heterocycles. The maximum atomic E-state index is 4.89. The largest absolute Gasteiger partial charge is 0.288 e. The summed E-state index contributed by atoms with van der Waals surface area (Å²) in [6, 6.07) is 18.3. The minimum Gasteiger partial charge on any atom is -0.288 e. The van der Waals surface area contributed by atoms with Gasteiger partial charge in [0.05, 0.1) is 5.54 Å². The highest BCUT2D eigenvalue weighted by Gasteiger charge is 2.45. The molecule has 0 bridgehead atoms. The van der Waals surface area contributed by atoms with Crippen LogP contribution < -0.4 is 0 Å². The van der Waals surface area contributed by atoms with E-state index in [9.17, 15) is 0 Å². The first-order valence-electron chi connectivity index (χ1n) is 11.0. The molecule has 0 spiro atoms. The van der Waals surface area contributed by atoms with Crippen LogP contribution in [0, 0.1) is 0 Å². The topological polar surface area (TPSA) is 16.1 Å². The molecule has 1 aliphatic heterocycles. The zero-order valence-electron chi connectivity index (χ0n) is 16.7. The third-order valence-corrected chi connectivity index (χ3v) is 8.05. The van der Waals surface area contributed by atoms with Crippen LogP contribution in [0.25, 0.3) is 21.5 Å². The smallest absolute Gasteiger partial charge is 0.117 e. The zero-order chi connectivity index (χ0) is 19.3. The van der Waals surface area contributed by atoms with Crippen LogP contribution in [0.1, 0.15) is 48.2 Å². The second-order valence-corrected chi connectivity index (χ2v) is 9.47. The fourth-order valence-corrected chi connectivity index (χ4v) is 6.76. The molecule has 0 radical (unpaired) electrons. The highest BCUT2D eigenvalue weighted by molar-refractivity contribution is 7.09. The molecule has 4 aromatic rings. The predicted molar refractivity (Wildman–Crippen MR) is 123 cm³/mol. The van der Waals surface area contributed by atoms with Crippen LogP contribution in [0.15, 0.2) is 60.1 Å². The van der Waals surface area contributed by atoms with Gasteiger partial charge in [0.2, 0.25) is 0 Å². The number of benzene rings is 3. The molecule has 2 aliphatic rings. The van der Waals surface area contributed by atoms with E-state index in [2.05, 4.69) is 58.8 Å². The molecule has 1 fully saturated rings. The summed E-state index contributed by atoms with van der Waals surface area (Å²) in [5.74, 6) is 0. The van der Waals surface area contributed by atoms with Crippen LogP contribution in [0.2, 0.25) is 0 Å². The quantitative estimate of drug-likeness (QED) is 0.358. The molecule has 1 unspecified atom stereocenters. The number of hydrogen-bond donors (Lipinski definition) is 0. The van der Waals surface area contributed by atoms with E-state index in [1.54, 1.807) is 5.56 Å². The van der Waals surface area contributed by atoms with E-state index in [1.807, 2.05) is 17.5 Å². The summed E-state index contributed by atoms with van der Waals surface area (Å²) in [7, 11) is 0. The number of piperidine rings is 1. The van der Waals surface area contributed by atoms with Gasteiger partial charge in [0.15, 0.2) is 0 Å². The molecule has 1 aliphatic carbocycles. The predicted octanol–water partition coefficient (Wildman–Crippen LogP) is 6.52. The van der Waals surface area contributed by atoms with Crippen molar-refractivity contribution in [1.82, 2.24) is 9.88 Å². The fraction of sp³-hybridized carbons (Fsp3) is 0.346. The molecule has 6 rings (SSSR count). The first-order chi connectivity index (χ1) is 14.4. The van der Waals surface area contributed by atoms with Gasteiger partial charge in [-0.25, -0.2) is 4.98 Å². The third-order valence-electron chi connectivity index (χ3n) is 7.13. The number of likely N-dealkylation sites (tertiary alicyclic amines) is 1. The first-order valence-corrected chi connectivity index (χ1v) is 11.8. The highest BCUT2D eigenvalue weighted by atomic mass is 32.1. The van der Waals surface area contributed by atoms with E-state index in [0.29, 0.717) is 0 Å². The van der Waals surface area contributed by atoms with Crippen LogP contribution in [0.4, 0.5) is 0 Å². The lowest BCUT2D eigenvalue weighted by Gasteiger charge is -2.48. The Morgan fingerprint density at radius 1 is 0.828 bits per heavy atom. The van der Waals surface area contributed by atoms with Crippen LogP contribution in [-0.2, 0) is 12.0 Å². The van der Waals surface area contributed by atoms with Gasteiger partial charge >= 0.3 is 0 Å². The molecular formula is C26H26N2S. The van der Waals surface area contributed by atoms with Gasteiger partial charge < -0.3 is 0 Å². The second-order valence-electron chi connectivity index (χ2n) is 8.57. The summed E-state index contributed by atoms with van der Waals surface area (Å²) in [6.07, 6.45) is 9.56. The number of nitrogens with zero attached hydrogens (tertiary/aromatic N) is 2. The van der Waals surface area contributed by atoms with Crippen molar-refractivity contribution < 1.29 is 0 Å². The Hall–Kier alpha value is -2.23. The summed E-state index contributed by atoms with van der Waals surface area (Å²) in [6.45, 7) is 2.38. The minimum atomic E-state index is -0.0397. The number of hydrogen-bond acceptors (Lipinski definition) is 3. The van der Waals surface area contributed by atoms with Crippen LogP contribution in [0.3, 0.4) is 0 Å². The number of thiazole rings is 1. The molecule has 0 amide bonds. The summed E-state index contributed by atoms with van der Waals surface area (Å²) in [4.78, 5) is 7.66. The van der Waals surface area contributed by atoms with E-state index in [1.165, 1.54) is 83.7 Å². The van der Waals surface area contributed by atoms with Crippen LogP contribution >= 0.6 is 11.3 Å². The highest BCUT2D eigenvalue weighted by Crippen LogP contribution is 2.49. The lowest BCUT2D eigenvalue weighted by Crippen LogP contribution is -2.51. The standard InChI is InChI=1S/C26H26N2S/c1-4-16-28(17-5-1)26(25-27-15-18-29-25)14-6-9-23-22-11-10-19-7-2-3-8-20(19)21(22)12-13-24(23)26/h2-3,7-8,10-13,15,18H,1,4-6,9,14,16-17H2. The Morgan fingerprint density at radius 2 is 1.69 bits per heavy atom. The van der Waals surface area contributed by atoms with Gasteiger partial charge in [0.25, 0.3) is 0 Å². The first kappa shape index (κ1) is 17.6. The molecule has 1 atom stereocenters. The van der Waals surface area contributed by atoms with E-state index >= 15 is 0 Å². The second kappa shape index (κ2) is 6.93. The number of aryl methyl sites for hydroxylation is 1. The van der Waals surface area contributed by atoms with Gasteiger partial charge in [0.1, 0.15) is 5.01 Å². The Balaban J connectivity index is 1.63. The number of aromatic nitrogens is 1. The lowest BCUT2D eigenvalue weighted by molar-refractivity contribution is 0.0810. The lowest BCUT2D eigenvalue weighted by atomic mass is 9.73. The summed E-state index contributed by atoms with van der Waals surface area (Å²) in [5, 5.41) is 8.99. The van der Waals surface area contributed by atoms with E-state index in [0.717, 1.165) is 0 Å². The monoisotopic (exact) mass is 398 g/mol. The molecule has 1 saturated heterocycles. The molecule has 0 N–H and O–H groups in total. The molecule has 3 heteroatoms. The number of rotatable bonds is 2. The van der Waals surface area contributed by atoms with Crippen LogP contribution in [-0.4, -0.2) is 23.0 Å². The molecular weight excluding hydrogens is 372 g/mol. The van der Waals surface area contributed by atoms with Crippen molar-refractivity contribution in [3.05, 3.63) is 76.2 Å². The zero-order valence-corrected chi connectivity index (χ0v) is 17.5. The van der Waals surface area contributed by atoms with E-state index < -0.39 is 0 Å². The Bertz CT molecular complexity index is 1170. The van der Waals surface area contributed by atoms with E-state index in [4.69, 9.17) is 4.98 Å². The fourth-order valence-electron chi connectivity index (χ4n) is 5.85. The van der Waals surface area contributed by atoms with E-state index in [-0.39, 0.29) is 5.54 Å². The van der Waals surface area contributed by atoms with Gasteiger partial charge in [-0.2, -0.15) is 0 Å². The third kappa shape index (κ3) is 2.60. The molecule has 146 valence electrons. The van der Waals surface area contributed by atoms with Crippen molar-refractivity contribution in [2.45, 2.75) is 44.1 Å². The molecule has 2 nitrogen and oxygen atoms in total. The van der Waals surface area contributed by atoms with Gasteiger partial charge in [-0.15, -0.1) is 11.3 Å². The summed E-state index contributed by atoms with van der Waals surface area (Å²) >= 11 is 1.84. The van der Waals surface area contributed by atoms with Crippen molar-refractivity contribution in [2.75, 3.05) is 13.1 Å². The van der Waals surface area contributed by atoms with Crippen molar-refractivity contribution in [2.24, 2.45) is 0 Å². The average molecular weight is 399 g/mol. The summed E-state index contributed by atoms with van der Waals surface area (Å²) < 4.78 is 0. The molecule has 3 aromatic carbocycles. The maximum Gasteiger partial charge on any atom is 0.117 e. The number of fused-ring (bicyclic) bond motifs is 5. The van der Waals surface area contributed by atoms with Gasteiger partial charge in [0, 0.05) is 11.6 Å². The van der Waals surface area contributed by atoms with Gasteiger partial charge in [-0.05, 0) is 77.9 Å². The summed E-state index contributed by atoms with van der Waals surface area (Å²) in [5.41, 5.74) is 3.03. The van der Waals surface area contributed by atoms with Gasteiger partial charge in [-0.1, -0.05) is 55.0 Å². The molecule has 29 heavy (non-hydrogen) atoms.